The van der Waals surface area contributed by atoms with Gasteiger partial charge < -0.3 is 9.84 Å². The van der Waals surface area contributed by atoms with E-state index < -0.39 is 5.82 Å². The zero-order valence-corrected chi connectivity index (χ0v) is 11.4. The molecular weight excluding hydrogens is 290 g/mol. The molecule has 0 saturated carbocycles. The zero-order chi connectivity index (χ0) is 13.8. The van der Waals surface area contributed by atoms with Gasteiger partial charge in [-0.25, -0.2) is 4.39 Å². The van der Waals surface area contributed by atoms with E-state index >= 15 is 0 Å². The molecule has 19 heavy (non-hydrogen) atoms. The van der Waals surface area contributed by atoms with Gasteiger partial charge in [-0.3, -0.25) is 0 Å². The Morgan fingerprint density at radius 2 is 1.95 bits per heavy atom. The first-order chi connectivity index (χ1) is 9.11. The first kappa shape index (κ1) is 14.1. The van der Waals surface area contributed by atoms with Crippen LogP contribution in [0.4, 0.5) is 4.39 Å². The maximum atomic E-state index is 13.2. The summed E-state index contributed by atoms with van der Waals surface area (Å²) >= 11 is 11.8. The van der Waals surface area contributed by atoms with Crippen molar-refractivity contribution < 1.29 is 14.2 Å². The molecule has 0 aromatic heterocycles. The fraction of sp³-hybridized carbons (Fsp3) is 0.143. The Balaban J connectivity index is 2.12. The predicted molar refractivity (Wildman–Crippen MR) is 73.1 cm³/mol. The summed E-state index contributed by atoms with van der Waals surface area (Å²) < 4.78 is 18.7. The Labute approximate surface area is 120 Å². The van der Waals surface area contributed by atoms with E-state index in [1.807, 2.05) is 0 Å². The highest BCUT2D eigenvalue weighted by Gasteiger charge is 2.08. The van der Waals surface area contributed by atoms with Crippen LogP contribution in [0.2, 0.25) is 10.0 Å². The normalized spacial score (nSPS) is 10.5. The van der Waals surface area contributed by atoms with E-state index in [0.29, 0.717) is 21.9 Å². The maximum absolute atomic E-state index is 13.2. The standard InChI is InChI=1S/C14H11Cl2FO2/c15-11-6-9(7-18)4-5-13(11)19-8-10-2-1-3-12(17)14(10)16/h1-6,18H,7-8H2. The second-order valence-corrected chi connectivity index (χ2v) is 4.71. The van der Waals surface area contributed by atoms with E-state index in [9.17, 15) is 4.39 Å². The lowest BCUT2D eigenvalue weighted by atomic mass is 10.2. The molecule has 0 amide bonds. The molecule has 0 aliphatic heterocycles. The summed E-state index contributed by atoms with van der Waals surface area (Å²) in [6.07, 6.45) is 0. The van der Waals surface area contributed by atoms with E-state index in [0.717, 1.165) is 0 Å². The van der Waals surface area contributed by atoms with Crippen LogP contribution in [0.1, 0.15) is 11.1 Å². The van der Waals surface area contributed by atoms with Crippen molar-refractivity contribution in [2.75, 3.05) is 0 Å². The average Bonchev–Trinajstić information content (AvgIpc) is 2.41. The minimum atomic E-state index is -0.482. The number of halogens is 3. The molecule has 2 aromatic rings. The molecule has 0 saturated heterocycles. The van der Waals surface area contributed by atoms with Gasteiger partial charge in [-0.1, -0.05) is 41.4 Å². The van der Waals surface area contributed by atoms with Crippen LogP contribution in [0, 0.1) is 5.82 Å². The minimum absolute atomic E-state index is 0.0469. The summed E-state index contributed by atoms with van der Waals surface area (Å²) in [7, 11) is 0. The molecule has 2 rings (SSSR count). The lowest BCUT2D eigenvalue weighted by Crippen LogP contribution is -1.98. The molecule has 0 aliphatic rings. The van der Waals surface area contributed by atoms with Crippen molar-refractivity contribution in [2.45, 2.75) is 13.2 Å². The molecule has 0 fully saturated rings. The van der Waals surface area contributed by atoms with Crippen molar-refractivity contribution in [1.82, 2.24) is 0 Å². The molecule has 5 heteroatoms. The molecule has 0 aliphatic carbocycles. The number of rotatable bonds is 4. The Kier molecular flexibility index (Phi) is 4.64. The van der Waals surface area contributed by atoms with Gasteiger partial charge in [0, 0.05) is 5.56 Å². The summed E-state index contributed by atoms with van der Waals surface area (Å²) in [4.78, 5) is 0. The molecule has 0 spiro atoms. The fourth-order valence-corrected chi connectivity index (χ4v) is 2.01. The Hall–Kier alpha value is -1.29. The van der Waals surface area contributed by atoms with Crippen molar-refractivity contribution in [1.29, 1.82) is 0 Å². The first-order valence-corrected chi connectivity index (χ1v) is 6.32. The highest BCUT2D eigenvalue weighted by atomic mass is 35.5. The third-order valence-electron chi connectivity index (χ3n) is 2.59. The molecular formula is C14H11Cl2FO2. The summed E-state index contributed by atoms with van der Waals surface area (Å²) in [5.74, 6) is -0.0244. The van der Waals surface area contributed by atoms with Crippen molar-refractivity contribution >= 4 is 23.2 Å². The maximum Gasteiger partial charge on any atom is 0.142 e. The largest absolute Gasteiger partial charge is 0.487 e. The highest BCUT2D eigenvalue weighted by molar-refractivity contribution is 6.32. The molecule has 0 heterocycles. The van der Waals surface area contributed by atoms with Crippen LogP contribution in [0.15, 0.2) is 36.4 Å². The topological polar surface area (TPSA) is 29.5 Å². The van der Waals surface area contributed by atoms with Crippen molar-refractivity contribution in [3.63, 3.8) is 0 Å². The smallest absolute Gasteiger partial charge is 0.142 e. The number of ether oxygens (including phenoxy) is 1. The molecule has 0 radical (unpaired) electrons. The summed E-state index contributed by atoms with van der Waals surface area (Å²) in [5, 5.41) is 9.40. The highest BCUT2D eigenvalue weighted by Crippen LogP contribution is 2.27. The van der Waals surface area contributed by atoms with Crippen LogP contribution in [0.25, 0.3) is 0 Å². The molecule has 0 bridgehead atoms. The van der Waals surface area contributed by atoms with Crippen LogP contribution < -0.4 is 4.74 Å². The second-order valence-electron chi connectivity index (χ2n) is 3.92. The van der Waals surface area contributed by atoms with Gasteiger partial charge in [-0.15, -0.1) is 0 Å². The van der Waals surface area contributed by atoms with E-state index in [2.05, 4.69) is 0 Å². The molecule has 2 aromatic carbocycles. The molecule has 0 unspecified atom stereocenters. The van der Waals surface area contributed by atoms with Crippen LogP contribution in [0.5, 0.6) is 5.75 Å². The Morgan fingerprint density at radius 3 is 2.63 bits per heavy atom. The van der Waals surface area contributed by atoms with Crippen molar-refractivity contribution in [3.8, 4) is 5.75 Å². The Bertz CT molecular complexity index is 588. The monoisotopic (exact) mass is 300 g/mol. The van der Waals surface area contributed by atoms with Crippen LogP contribution in [-0.2, 0) is 13.2 Å². The van der Waals surface area contributed by atoms with Crippen LogP contribution >= 0.6 is 23.2 Å². The van der Waals surface area contributed by atoms with Gasteiger partial charge in [0.2, 0.25) is 0 Å². The van der Waals surface area contributed by atoms with E-state index in [1.54, 1.807) is 30.3 Å². The summed E-state index contributed by atoms with van der Waals surface area (Å²) in [6, 6.07) is 9.51. The third-order valence-corrected chi connectivity index (χ3v) is 3.31. The van der Waals surface area contributed by atoms with E-state index in [-0.39, 0.29) is 18.2 Å². The zero-order valence-electron chi connectivity index (χ0n) is 9.87. The van der Waals surface area contributed by atoms with Gasteiger partial charge >= 0.3 is 0 Å². The van der Waals surface area contributed by atoms with Crippen molar-refractivity contribution in [2.24, 2.45) is 0 Å². The molecule has 1 N–H and O–H groups in total. The molecule has 100 valence electrons. The number of aliphatic hydroxyl groups excluding tert-OH is 1. The van der Waals surface area contributed by atoms with Gasteiger partial charge in [0.1, 0.15) is 18.2 Å². The lowest BCUT2D eigenvalue weighted by Gasteiger charge is -2.10. The quantitative estimate of drug-likeness (QED) is 0.917. The summed E-state index contributed by atoms with van der Waals surface area (Å²) in [6.45, 7) is 0.0323. The van der Waals surface area contributed by atoms with Gasteiger partial charge in [0.25, 0.3) is 0 Å². The minimum Gasteiger partial charge on any atom is -0.487 e. The predicted octanol–water partition coefficient (Wildman–Crippen LogP) is 4.20. The van der Waals surface area contributed by atoms with Crippen LogP contribution in [0.3, 0.4) is 0 Å². The lowest BCUT2D eigenvalue weighted by molar-refractivity contribution is 0.280. The fourth-order valence-electron chi connectivity index (χ4n) is 1.58. The van der Waals surface area contributed by atoms with Gasteiger partial charge in [-0.05, 0) is 23.8 Å². The van der Waals surface area contributed by atoms with E-state index in [4.69, 9.17) is 33.0 Å². The van der Waals surface area contributed by atoms with Gasteiger partial charge in [0.15, 0.2) is 0 Å². The van der Waals surface area contributed by atoms with Crippen LogP contribution in [-0.4, -0.2) is 5.11 Å². The summed E-state index contributed by atoms with van der Waals surface area (Å²) in [5.41, 5.74) is 1.24. The average molecular weight is 301 g/mol. The second kappa shape index (κ2) is 6.24. The van der Waals surface area contributed by atoms with E-state index in [1.165, 1.54) is 6.07 Å². The molecule has 0 atom stereocenters. The SMILES string of the molecule is OCc1ccc(OCc2cccc(F)c2Cl)c(Cl)c1. The van der Waals surface area contributed by atoms with Crippen molar-refractivity contribution in [3.05, 3.63) is 63.4 Å². The van der Waals surface area contributed by atoms with Gasteiger partial charge in [-0.2, -0.15) is 0 Å². The number of aliphatic hydroxyl groups is 1. The Morgan fingerprint density at radius 1 is 1.16 bits per heavy atom. The van der Waals surface area contributed by atoms with Gasteiger partial charge in [0.05, 0.1) is 16.7 Å². The number of hydrogen-bond acceptors (Lipinski definition) is 2. The number of benzene rings is 2. The number of hydrogen-bond donors (Lipinski definition) is 1. The third kappa shape index (κ3) is 3.38. The molecule has 2 nitrogen and oxygen atoms in total. The first-order valence-electron chi connectivity index (χ1n) is 5.57.